The molecule has 0 saturated heterocycles. The predicted octanol–water partition coefficient (Wildman–Crippen LogP) is 3.80. The fourth-order valence-electron chi connectivity index (χ4n) is 1.95. The van der Waals surface area contributed by atoms with Crippen molar-refractivity contribution in [2.24, 2.45) is 11.8 Å². The molecule has 1 aromatic rings. The minimum absolute atomic E-state index is 0.413. The van der Waals surface area contributed by atoms with E-state index in [2.05, 4.69) is 20.8 Å². The second kappa shape index (κ2) is 6.65. The third kappa shape index (κ3) is 5.22. The van der Waals surface area contributed by atoms with Crippen LogP contribution >= 0.6 is 0 Å². The first-order chi connectivity index (χ1) is 7.99. The topological polar surface area (TPSA) is 29.5 Å². The molecule has 0 aromatic heterocycles. The molecule has 0 aliphatic rings. The fraction of sp³-hybridized carbons (Fsp3) is 0.600. The predicted molar refractivity (Wildman–Crippen MR) is 71.2 cm³/mol. The maximum Gasteiger partial charge on any atom is 0.119 e. The summed E-state index contributed by atoms with van der Waals surface area (Å²) < 4.78 is 5.72. The lowest BCUT2D eigenvalue weighted by molar-refractivity contribution is 0.199. The molecule has 1 N–H and O–H groups in total. The van der Waals surface area contributed by atoms with E-state index in [4.69, 9.17) is 4.74 Å². The van der Waals surface area contributed by atoms with Crippen molar-refractivity contribution >= 4 is 0 Å². The zero-order chi connectivity index (χ0) is 12.8. The number of hydrogen-bond donors (Lipinski definition) is 1. The average molecular weight is 236 g/mol. The summed E-state index contributed by atoms with van der Waals surface area (Å²) in [6, 6.07) is 7.66. The molecule has 17 heavy (non-hydrogen) atoms. The lowest BCUT2D eigenvalue weighted by Gasteiger charge is -2.15. The largest absolute Gasteiger partial charge is 0.493 e. The van der Waals surface area contributed by atoms with Crippen LogP contribution in [0.25, 0.3) is 0 Å². The molecule has 1 aromatic carbocycles. The molecule has 0 spiro atoms. The maximum absolute atomic E-state index is 9.39. The van der Waals surface area contributed by atoms with Crippen LogP contribution in [0, 0.1) is 11.8 Å². The monoisotopic (exact) mass is 236 g/mol. The molecule has 0 aliphatic carbocycles. The zero-order valence-electron chi connectivity index (χ0n) is 11.3. The van der Waals surface area contributed by atoms with E-state index < -0.39 is 6.10 Å². The first kappa shape index (κ1) is 14.0. The van der Waals surface area contributed by atoms with Gasteiger partial charge in [0.2, 0.25) is 0 Å². The van der Waals surface area contributed by atoms with Gasteiger partial charge in [0.1, 0.15) is 5.75 Å². The Morgan fingerprint density at radius 3 is 2.12 bits per heavy atom. The summed E-state index contributed by atoms with van der Waals surface area (Å²) in [5.74, 6) is 2.17. The third-order valence-electron chi connectivity index (χ3n) is 2.77. The molecule has 0 radical (unpaired) electrons. The van der Waals surface area contributed by atoms with Crippen molar-refractivity contribution in [1.29, 1.82) is 0 Å². The molecule has 0 amide bonds. The van der Waals surface area contributed by atoms with E-state index in [1.165, 1.54) is 6.42 Å². The standard InChI is InChI=1S/C15H24O2/c1-11(2)9-12(3)10-17-15-7-5-14(6-8-15)13(4)16/h5-8,11-13,16H,9-10H2,1-4H3/t12?,13-/m1/s1. The summed E-state index contributed by atoms with van der Waals surface area (Å²) in [6.45, 7) is 9.19. The van der Waals surface area contributed by atoms with Gasteiger partial charge in [0.25, 0.3) is 0 Å². The number of rotatable bonds is 6. The Bertz CT molecular complexity index is 314. The molecule has 2 atom stereocenters. The minimum atomic E-state index is -0.413. The number of benzene rings is 1. The van der Waals surface area contributed by atoms with E-state index in [0.29, 0.717) is 11.8 Å². The Balaban J connectivity index is 2.42. The second-order valence-electron chi connectivity index (χ2n) is 5.29. The van der Waals surface area contributed by atoms with Gasteiger partial charge >= 0.3 is 0 Å². The number of aliphatic hydroxyl groups is 1. The highest BCUT2D eigenvalue weighted by atomic mass is 16.5. The Labute approximate surface area is 105 Å². The Kier molecular flexibility index (Phi) is 5.49. The van der Waals surface area contributed by atoms with Crippen LogP contribution in [0.5, 0.6) is 5.75 Å². The molecule has 0 bridgehead atoms. The van der Waals surface area contributed by atoms with Gasteiger partial charge in [-0.2, -0.15) is 0 Å². The second-order valence-corrected chi connectivity index (χ2v) is 5.29. The van der Waals surface area contributed by atoms with E-state index in [9.17, 15) is 5.11 Å². The smallest absolute Gasteiger partial charge is 0.119 e. The molecular formula is C15H24O2. The van der Waals surface area contributed by atoms with Crippen molar-refractivity contribution in [2.75, 3.05) is 6.61 Å². The Morgan fingerprint density at radius 1 is 1.06 bits per heavy atom. The normalized spacial score (nSPS) is 14.7. The van der Waals surface area contributed by atoms with Crippen molar-refractivity contribution < 1.29 is 9.84 Å². The fourth-order valence-corrected chi connectivity index (χ4v) is 1.95. The lowest BCUT2D eigenvalue weighted by atomic mass is 10.00. The molecule has 0 saturated carbocycles. The van der Waals surface area contributed by atoms with Crippen molar-refractivity contribution in [3.63, 3.8) is 0 Å². The highest BCUT2D eigenvalue weighted by molar-refractivity contribution is 5.28. The molecule has 0 fully saturated rings. The van der Waals surface area contributed by atoms with Gasteiger partial charge in [-0.1, -0.05) is 32.9 Å². The molecule has 0 heterocycles. The van der Waals surface area contributed by atoms with Gasteiger partial charge in [0.05, 0.1) is 12.7 Å². The van der Waals surface area contributed by atoms with E-state index in [-0.39, 0.29) is 0 Å². The summed E-state index contributed by atoms with van der Waals surface area (Å²) in [5, 5.41) is 9.39. The van der Waals surface area contributed by atoms with Gasteiger partial charge in [-0.05, 0) is 42.9 Å². The Hall–Kier alpha value is -1.02. The summed E-state index contributed by atoms with van der Waals surface area (Å²) in [4.78, 5) is 0. The van der Waals surface area contributed by atoms with Crippen molar-refractivity contribution in [3.8, 4) is 5.75 Å². The lowest BCUT2D eigenvalue weighted by Crippen LogP contribution is -2.11. The number of aliphatic hydroxyl groups excluding tert-OH is 1. The molecule has 2 nitrogen and oxygen atoms in total. The summed E-state index contributed by atoms with van der Waals surface area (Å²) in [6.07, 6.45) is 0.773. The van der Waals surface area contributed by atoms with Crippen LogP contribution in [0.15, 0.2) is 24.3 Å². The van der Waals surface area contributed by atoms with Gasteiger partial charge in [-0.3, -0.25) is 0 Å². The molecule has 0 aliphatic heterocycles. The van der Waals surface area contributed by atoms with Crippen LogP contribution in [0.1, 0.15) is 45.8 Å². The van der Waals surface area contributed by atoms with E-state index >= 15 is 0 Å². The van der Waals surface area contributed by atoms with Crippen LogP contribution in [0.4, 0.5) is 0 Å². The van der Waals surface area contributed by atoms with Gasteiger partial charge in [-0.25, -0.2) is 0 Å². The van der Waals surface area contributed by atoms with Crippen LogP contribution < -0.4 is 4.74 Å². The minimum Gasteiger partial charge on any atom is -0.493 e. The summed E-state index contributed by atoms with van der Waals surface area (Å²) in [7, 11) is 0. The quantitative estimate of drug-likeness (QED) is 0.814. The van der Waals surface area contributed by atoms with E-state index in [1.54, 1.807) is 6.92 Å². The third-order valence-corrected chi connectivity index (χ3v) is 2.77. The number of hydrogen-bond acceptors (Lipinski definition) is 2. The van der Waals surface area contributed by atoms with Crippen molar-refractivity contribution in [3.05, 3.63) is 29.8 Å². The van der Waals surface area contributed by atoms with Gasteiger partial charge in [0, 0.05) is 0 Å². The van der Waals surface area contributed by atoms with Crippen LogP contribution in [0.2, 0.25) is 0 Å². The summed E-state index contributed by atoms with van der Waals surface area (Å²) in [5.41, 5.74) is 0.924. The highest BCUT2D eigenvalue weighted by Gasteiger charge is 2.06. The summed E-state index contributed by atoms with van der Waals surface area (Å²) >= 11 is 0. The average Bonchev–Trinajstić information content (AvgIpc) is 2.26. The first-order valence-corrected chi connectivity index (χ1v) is 6.40. The Morgan fingerprint density at radius 2 is 1.65 bits per heavy atom. The zero-order valence-corrected chi connectivity index (χ0v) is 11.3. The van der Waals surface area contributed by atoms with Crippen LogP contribution in [-0.2, 0) is 0 Å². The molecular weight excluding hydrogens is 212 g/mol. The number of ether oxygens (including phenoxy) is 1. The van der Waals surface area contributed by atoms with Crippen LogP contribution in [0.3, 0.4) is 0 Å². The molecule has 1 rings (SSSR count). The van der Waals surface area contributed by atoms with Crippen molar-refractivity contribution in [2.45, 2.75) is 40.2 Å². The highest BCUT2D eigenvalue weighted by Crippen LogP contribution is 2.19. The first-order valence-electron chi connectivity index (χ1n) is 6.40. The van der Waals surface area contributed by atoms with Gasteiger partial charge in [0.15, 0.2) is 0 Å². The maximum atomic E-state index is 9.39. The van der Waals surface area contributed by atoms with Gasteiger partial charge < -0.3 is 9.84 Å². The molecule has 96 valence electrons. The van der Waals surface area contributed by atoms with Crippen molar-refractivity contribution in [1.82, 2.24) is 0 Å². The SMILES string of the molecule is CC(C)CC(C)COc1ccc([C@@H](C)O)cc1. The van der Waals surface area contributed by atoms with E-state index in [0.717, 1.165) is 17.9 Å². The van der Waals surface area contributed by atoms with Crippen LogP contribution in [-0.4, -0.2) is 11.7 Å². The van der Waals surface area contributed by atoms with E-state index in [1.807, 2.05) is 24.3 Å². The molecule has 2 heteroatoms. The molecule has 1 unspecified atom stereocenters. The van der Waals surface area contributed by atoms with Gasteiger partial charge in [-0.15, -0.1) is 0 Å².